The third kappa shape index (κ3) is 6.27. The van der Waals surface area contributed by atoms with Crippen LogP contribution in [0.3, 0.4) is 0 Å². The number of aliphatic carboxylic acids is 1. The maximum absolute atomic E-state index is 15.4. The first-order chi connectivity index (χ1) is 16.5. The van der Waals surface area contributed by atoms with E-state index in [1.807, 2.05) is 18.2 Å². The number of alkyl halides is 1. The smallest absolute Gasteiger partial charge is 0.303 e. The molecule has 3 heterocycles. The molecule has 3 aromatic rings. The predicted molar refractivity (Wildman–Crippen MR) is 129 cm³/mol. The zero-order chi connectivity index (χ0) is 23.9. The minimum absolute atomic E-state index is 0.0134. The lowest BCUT2D eigenvalue weighted by molar-refractivity contribution is -0.139. The van der Waals surface area contributed by atoms with Crippen LogP contribution in [0.25, 0.3) is 10.9 Å². The Morgan fingerprint density at radius 1 is 1.32 bits per heavy atom. The van der Waals surface area contributed by atoms with E-state index in [1.165, 1.54) is 0 Å². The topological polar surface area (TPSA) is 88.7 Å². The Morgan fingerprint density at radius 3 is 2.97 bits per heavy atom. The number of rotatable bonds is 11. The number of fused-ring (bicyclic) bond motifs is 1. The zero-order valence-electron chi connectivity index (χ0n) is 19.2. The molecule has 0 bridgehead atoms. The second-order valence-electron chi connectivity index (χ2n) is 8.68. The summed E-state index contributed by atoms with van der Waals surface area (Å²) >= 11 is 1.55. The van der Waals surface area contributed by atoms with Crippen molar-refractivity contribution in [3.05, 3.63) is 48.5 Å². The Hall–Kier alpha value is -2.65. The quantitative estimate of drug-likeness (QED) is 0.368. The number of aromatic nitrogens is 2. The largest absolute Gasteiger partial charge is 0.497 e. The van der Waals surface area contributed by atoms with E-state index in [2.05, 4.69) is 14.9 Å². The third-order valence-corrected chi connectivity index (χ3v) is 7.40. The number of ether oxygens (including phenoxy) is 1. The van der Waals surface area contributed by atoms with E-state index < -0.39 is 12.1 Å². The average Bonchev–Trinajstić information content (AvgIpc) is 3.36. The van der Waals surface area contributed by atoms with Crippen LogP contribution in [0.5, 0.6) is 5.75 Å². The van der Waals surface area contributed by atoms with Gasteiger partial charge in [0.15, 0.2) is 0 Å². The van der Waals surface area contributed by atoms with Gasteiger partial charge in [0.05, 0.1) is 18.8 Å². The van der Waals surface area contributed by atoms with Crippen LogP contribution >= 0.6 is 11.8 Å². The molecule has 0 saturated carbocycles. The number of carboxylic acid groups (broad SMARTS) is 1. The summed E-state index contributed by atoms with van der Waals surface area (Å²) in [7, 11) is 1.59. The molecule has 1 aromatic carbocycles. The molecule has 3 atom stereocenters. The van der Waals surface area contributed by atoms with E-state index >= 15 is 4.39 Å². The fourth-order valence-corrected chi connectivity index (χ4v) is 5.58. The predicted octanol–water partition coefficient (Wildman–Crippen LogP) is 5.23. The van der Waals surface area contributed by atoms with Crippen molar-refractivity contribution in [3.63, 3.8) is 0 Å². The number of likely N-dealkylation sites (tertiary alicyclic amines) is 1. The molecule has 4 rings (SSSR count). The molecule has 2 aromatic heterocycles. The normalized spacial score (nSPS) is 19.8. The van der Waals surface area contributed by atoms with Crippen LogP contribution in [-0.4, -0.2) is 58.4 Å². The van der Waals surface area contributed by atoms with E-state index in [0.717, 1.165) is 42.7 Å². The number of nitrogens with zero attached hydrogens (tertiary/aromatic N) is 3. The van der Waals surface area contributed by atoms with Crippen LogP contribution in [0.15, 0.2) is 52.6 Å². The summed E-state index contributed by atoms with van der Waals surface area (Å²) in [6, 6.07) is 7.21. The Morgan fingerprint density at radius 2 is 2.21 bits per heavy atom. The number of halogens is 1. The summed E-state index contributed by atoms with van der Waals surface area (Å²) in [6.07, 6.45) is 5.68. The molecular weight excluding hydrogens is 457 g/mol. The second kappa shape index (κ2) is 11.7. The van der Waals surface area contributed by atoms with Gasteiger partial charge in [0, 0.05) is 36.8 Å². The van der Waals surface area contributed by atoms with Gasteiger partial charge in [-0.3, -0.25) is 9.78 Å². The fourth-order valence-electron chi connectivity index (χ4n) is 4.80. The van der Waals surface area contributed by atoms with E-state index in [4.69, 9.17) is 9.15 Å². The van der Waals surface area contributed by atoms with Crippen molar-refractivity contribution in [1.29, 1.82) is 0 Å². The Balaban J connectivity index is 1.35. The lowest BCUT2D eigenvalue weighted by Crippen LogP contribution is -2.42. The molecule has 1 aliphatic heterocycles. The van der Waals surface area contributed by atoms with Gasteiger partial charge in [-0.25, -0.2) is 9.37 Å². The number of hydrogen-bond donors (Lipinski definition) is 1. The van der Waals surface area contributed by atoms with Gasteiger partial charge in [-0.15, -0.1) is 0 Å². The maximum Gasteiger partial charge on any atom is 0.303 e. The number of carboxylic acids is 1. The lowest BCUT2D eigenvalue weighted by atomic mass is 9.79. The Bertz CT molecular complexity index is 1080. The van der Waals surface area contributed by atoms with Gasteiger partial charge < -0.3 is 19.2 Å². The number of methoxy groups -OCH3 is 1. The molecule has 1 fully saturated rings. The summed E-state index contributed by atoms with van der Waals surface area (Å²) in [6.45, 7) is 2.45. The summed E-state index contributed by atoms with van der Waals surface area (Å²) in [5.74, 6) is 0.904. The first kappa shape index (κ1) is 24.5. The van der Waals surface area contributed by atoms with E-state index in [9.17, 15) is 9.90 Å². The summed E-state index contributed by atoms with van der Waals surface area (Å²) in [5, 5.41) is 10.9. The average molecular weight is 488 g/mol. The van der Waals surface area contributed by atoms with E-state index in [-0.39, 0.29) is 18.3 Å². The molecule has 0 aliphatic carbocycles. The highest BCUT2D eigenvalue weighted by atomic mass is 32.2. The van der Waals surface area contributed by atoms with Gasteiger partial charge in [-0.05, 0) is 67.5 Å². The highest BCUT2D eigenvalue weighted by Gasteiger charge is 2.31. The molecule has 7 nitrogen and oxygen atoms in total. The first-order valence-electron chi connectivity index (χ1n) is 11.6. The first-order valence-corrected chi connectivity index (χ1v) is 12.5. The molecule has 182 valence electrons. The van der Waals surface area contributed by atoms with Gasteiger partial charge in [-0.1, -0.05) is 11.8 Å². The Kier molecular flexibility index (Phi) is 8.39. The van der Waals surface area contributed by atoms with Gasteiger partial charge >= 0.3 is 5.97 Å². The van der Waals surface area contributed by atoms with Crippen molar-refractivity contribution >= 4 is 28.6 Å². The number of carbonyl (C=O) groups is 1. The molecule has 1 saturated heterocycles. The van der Waals surface area contributed by atoms with E-state index in [1.54, 1.807) is 43.6 Å². The number of thioether (sulfide) groups is 1. The fraction of sp³-hybridized carbons (Fsp3) is 0.480. The number of oxazole rings is 1. The SMILES string of the molecule is COc1ccc2nccc([C@@H](F)CC[C@@H]3CCN(CCSc4ncco4)C[C@@H]3CC(=O)O)c2c1. The standard InChI is InChI=1S/C25H30FN3O4S/c1-32-19-3-5-23-21(15-19)20(6-8-27-23)22(26)4-2-17-7-10-29(16-18(17)14-24(30)31)11-13-34-25-28-9-12-33-25/h3,5-6,8-9,12,15,17-18,22H,2,4,7,10-11,13-14,16H2,1H3,(H,30,31)/t17-,18+,22+/m1/s1. The van der Waals surface area contributed by atoms with Gasteiger partial charge in [0.1, 0.15) is 18.2 Å². The van der Waals surface area contributed by atoms with Crippen LogP contribution < -0.4 is 4.74 Å². The maximum atomic E-state index is 15.4. The van der Waals surface area contributed by atoms with Crippen molar-refractivity contribution in [3.8, 4) is 5.75 Å². The van der Waals surface area contributed by atoms with Crippen molar-refractivity contribution < 1.29 is 23.4 Å². The minimum Gasteiger partial charge on any atom is -0.497 e. The zero-order valence-corrected chi connectivity index (χ0v) is 20.0. The van der Waals surface area contributed by atoms with Crippen LogP contribution in [0, 0.1) is 11.8 Å². The summed E-state index contributed by atoms with van der Waals surface area (Å²) < 4.78 is 26.0. The van der Waals surface area contributed by atoms with Crippen LogP contribution in [-0.2, 0) is 4.79 Å². The molecule has 34 heavy (non-hydrogen) atoms. The number of hydrogen-bond acceptors (Lipinski definition) is 7. The van der Waals surface area contributed by atoms with E-state index in [0.29, 0.717) is 29.4 Å². The summed E-state index contributed by atoms with van der Waals surface area (Å²) in [4.78, 5) is 22.3. The highest BCUT2D eigenvalue weighted by molar-refractivity contribution is 7.99. The van der Waals surface area contributed by atoms with Gasteiger partial charge in [-0.2, -0.15) is 0 Å². The molecule has 1 aliphatic rings. The summed E-state index contributed by atoms with van der Waals surface area (Å²) in [5.41, 5.74) is 1.35. The van der Waals surface area contributed by atoms with Gasteiger partial charge in [0.25, 0.3) is 5.22 Å². The van der Waals surface area contributed by atoms with Crippen LogP contribution in [0.2, 0.25) is 0 Å². The molecule has 0 amide bonds. The highest BCUT2D eigenvalue weighted by Crippen LogP contribution is 2.36. The lowest BCUT2D eigenvalue weighted by Gasteiger charge is -2.38. The van der Waals surface area contributed by atoms with Crippen LogP contribution in [0.1, 0.15) is 37.4 Å². The van der Waals surface area contributed by atoms with Crippen molar-refractivity contribution in [2.24, 2.45) is 11.8 Å². The van der Waals surface area contributed by atoms with Crippen LogP contribution in [0.4, 0.5) is 4.39 Å². The number of pyridine rings is 1. The number of piperidine rings is 1. The number of benzene rings is 1. The molecule has 1 N–H and O–H groups in total. The van der Waals surface area contributed by atoms with Crippen molar-refractivity contribution in [1.82, 2.24) is 14.9 Å². The minimum atomic E-state index is -1.14. The third-order valence-electron chi connectivity index (χ3n) is 6.57. The Labute approximate surface area is 202 Å². The van der Waals surface area contributed by atoms with Gasteiger partial charge in [0.2, 0.25) is 0 Å². The molecule has 0 spiro atoms. The molecular formula is C25H30FN3O4S. The molecule has 0 unspecified atom stereocenters. The monoisotopic (exact) mass is 487 g/mol. The van der Waals surface area contributed by atoms with Crippen molar-refractivity contribution in [2.45, 2.75) is 37.1 Å². The molecule has 0 radical (unpaired) electrons. The molecule has 9 heteroatoms. The second-order valence-corrected chi connectivity index (χ2v) is 9.73. The van der Waals surface area contributed by atoms with Crippen molar-refractivity contribution in [2.75, 3.05) is 32.5 Å².